The first-order valence-corrected chi connectivity index (χ1v) is 6.35. The van der Waals surface area contributed by atoms with E-state index in [9.17, 15) is 5.11 Å². The summed E-state index contributed by atoms with van der Waals surface area (Å²) in [6.07, 6.45) is 0.477. The lowest BCUT2D eigenvalue weighted by atomic mass is 10.2. The highest BCUT2D eigenvalue weighted by atomic mass is 16.5. The van der Waals surface area contributed by atoms with E-state index in [0.717, 1.165) is 18.7 Å². The Kier molecular flexibility index (Phi) is 7.41. The number of ether oxygens (including phenoxy) is 2. The predicted octanol–water partition coefficient (Wildman–Crippen LogP) is 1.22. The Morgan fingerprint density at radius 1 is 1.39 bits per heavy atom. The summed E-state index contributed by atoms with van der Waals surface area (Å²) in [5, 5.41) is 12.8. The molecule has 0 saturated heterocycles. The van der Waals surface area contributed by atoms with Gasteiger partial charge in [0.25, 0.3) is 0 Å². The van der Waals surface area contributed by atoms with E-state index in [2.05, 4.69) is 18.3 Å². The van der Waals surface area contributed by atoms with Crippen LogP contribution in [0.4, 0.5) is 0 Å². The summed E-state index contributed by atoms with van der Waals surface area (Å²) in [5.74, 6) is 0.810. The Hall–Kier alpha value is -1.10. The van der Waals surface area contributed by atoms with Crippen LogP contribution in [0.25, 0.3) is 0 Å². The van der Waals surface area contributed by atoms with E-state index >= 15 is 0 Å². The van der Waals surface area contributed by atoms with Crippen molar-refractivity contribution in [2.75, 3.05) is 33.4 Å². The maximum Gasteiger partial charge on any atom is 0.119 e. The molecule has 0 aromatic heterocycles. The third kappa shape index (κ3) is 6.00. The van der Waals surface area contributed by atoms with Crippen molar-refractivity contribution in [3.63, 3.8) is 0 Å². The Morgan fingerprint density at radius 3 is 2.94 bits per heavy atom. The zero-order valence-electron chi connectivity index (χ0n) is 11.2. The number of aliphatic hydroxyl groups excluding tert-OH is 1. The summed E-state index contributed by atoms with van der Waals surface area (Å²) in [6, 6.07) is 7.95. The number of hydrogen-bond acceptors (Lipinski definition) is 4. The van der Waals surface area contributed by atoms with Crippen LogP contribution in [-0.4, -0.2) is 44.6 Å². The first kappa shape index (κ1) is 15.0. The highest BCUT2D eigenvalue weighted by Gasteiger charge is 2.04. The fourth-order valence-corrected chi connectivity index (χ4v) is 1.55. The van der Waals surface area contributed by atoms with Crippen LogP contribution < -0.4 is 10.1 Å². The first-order chi connectivity index (χ1) is 8.76. The zero-order valence-corrected chi connectivity index (χ0v) is 11.2. The van der Waals surface area contributed by atoms with Crippen molar-refractivity contribution < 1.29 is 14.6 Å². The number of methoxy groups -OCH3 is 1. The van der Waals surface area contributed by atoms with Crippen LogP contribution in [0.5, 0.6) is 5.75 Å². The van der Waals surface area contributed by atoms with E-state index in [4.69, 9.17) is 9.47 Å². The molecule has 1 atom stereocenters. The Labute approximate surface area is 109 Å². The smallest absolute Gasteiger partial charge is 0.119 e. The lowest BCUT2D eigenvalue weighted by Gasteiger charge is -2.13. The number of aliphatic hydroxyl groups is 1. The van der Waals surface area contributed by atoms with Gasteiger partial charge in [0, 0.05) is 20.2 Å². The van der Waals surface area contributed by atoms with Crippen LogP contribution in [-0.2, 0) is 11.2 Å². The van der Waals surface area contributed by atoms with E-state index in [1.54, 1.807) is 7.11 Å². The standard InChI is InChI=1S/C14H23NO3/c1-3-12-5-4-6-14(9-12)18-11-13(16)10-15-7-8-17-2/h4-6,9,13,15-16H,3,7-8,10-11H2,1-2H3. The lowest BCUT2D eigenvalue weighted by Crippen LogP contribution is -2.33. The highest BCUT2D eigenvalue weighted by Crippen LogP contribution is 2.13. The molecule has 0 heterocycles. The van der Waals surface area contributed by atoms with Gasteiger partial charge in [0.1, 0.15) is 18.5 Å². The molecule has 4 nitrogen and oxygen atoms in total. The van der Waals surface area contributed by atoms with E-state index in [1.165, 1.54) is 5.56 Å². The molecule has 102 valence electrons. The van der Waals surface area contributed by atoms with Crippen LogP contribution in [0.15, 0.2) is 24.3 Å². The molecule has 0 aliphatic rings. The van der Waals surface area contributed by atoms with Gasteiger partial charge in [0.15, 0.2) is 0 Å². The van der Waals surface area contributed by atoms with Crippen molar-refractivity contribution in [2.24, 2.45) is 0 Å². The first-order valence-electron chi connectivity index (χ1n) is 6.35. The summed E-state index contributed by atoms with van der Waals surface area (Å²) in [7, 11) is 1.65. The van der Waals surface area contributed by atoms with Crippen LogP contribution in [0.2, 0.25) is 0 Å². The SMILES string of the molecule is CCc1cccc(OCC(O)CNCCOC)c1. The van der Waals surface area contributed by atoms with Crippen molar-refractivity contribution in [1.82, 2.24) is 5.32 Å². The highest BCUT2D eigenvalue weighted by molar-refractivity contribution is 5.28. The Bertz CT molecular complexity index is 331. The van der Waals surface area contributed by atoms with Crippen molar-refractivity contribution in [3.8, 4) is 5.75 Å². The molecule has 18 heavy (non-hydrogen) atoms. The lowest BCUT2D eigenvalue weighted by molar-refractivity contribution is 0.103. The van der Waals surface area contributed by atoms with Crippen LogP contribution in [0.1, 0.15) is 12.5 Å². The molecule has 0 aliphatic carbocycles. The average Bonchev–Trinajstić information content (AvgIpc) is 2.41. The fourth-order valence-electron chi connectivity index (χ4n) is 1.55. The summed E-state index contributed by atoms with van der Waals surface area (Å²) >= 11 is 0. The maximum atomic E-state index is 9.71. The normalized spacial score (nSPS) is 12.4. The summed E-state index contributed by atoms with van der Waals surface area (Å²) in [4.78, 5) is 0. The van der Waals surface area contributed by atoms with Crippen LogP contribution in [0.3, 0.4) is 0 Å². The van der Waals surface area contributed by atoms with E-state index in [0.29, 0.717) is 19.8 Å². The monoisotopic (exact) mass is 253 g/mol. The molecule has 0 aliphatic heterocycles. The van der Waals surface area contributed by atoms with Gasteiger partial charge in [-0.15, -0.1) is 0 Å². The zero-order chi connectivity index (χ0) is 13.2. The number of rotatable bonds is 9. The Balaban J connectivity index is 2.22. The van der Waals surface area contributed by atoms with Gasteiger partial charge in [-0.2, -0.15) is 0 Å². The summed E-state index contributed by atoms with van der Waals surface area (Å²) in [6.45, 7) is 4.29. The molecule has 4 heteroatoms. The van der Waals surface area contributed by atoms with Gasteiger partial charge in [0.2, 0.25) is 0 Å². The number of benzene rings is 1. The van der Waals surface area contributed by atoms with Crippen molar-refractivity contribution in [2.45, 2.75) is 19.4 Å². The molecule has 1 aromatic rings. The van der Waals surface area contributed by atoms with Crippen LogP contribution in [0, 0.1) is 0 Å². The molecular formula is C14H23NO3. The quantitative estimate of drug-likeness (QED) is 0.650. The van der Waals surface area contributed by atoms with Gasteiger partial charge in [-0.1, -0.05) is 19.1 Å². The molecule has 0 fully saturated rings. The average molecular weight is 253 g/mol. The number of hydrogen-bond donors (Lipinski definition) is 2. The fraction of sp³-hybridized carbons (Fsp3) is 0.571. The third-order valence-corrected chi connectivity index (χ3v) is 2.61. The largest absolute Gasteiger partial charge is 0.491 e. The van der Waals surface area contributed by atoms with Crippen molar-refractivity contribution >= 4 is 0 Å². The third-order valence-electron chi connectivity index (χ3n) is 2.61. The molecule has 1 rings (SSSR count). The molecule has 2 N–H and O–H groups in total. The number of aryl methyl sites for hydroxylation is 1. The molecule has 1 aromatic carbocycles. The van der Waals surface area contributed by atoms with Gasteiger partial charge >= 0.3 is 0 Å². The van der Waals surface area contributed by atoms with Crippen molar-refractivity contribution in [3.05, 3.63) is 29.8 Å². The molecule has 0 saturated carbocycles. The second-order valence-electron chi connectivity index (χ2n) is 4.16. The van der Waals surface area contributed by atoms with Gasteiger partial charge in [-0.05, 0) is 24.1 Å². The van der Waals surface area contributed by atoms with E-state index in [1.807, 2.05) is 18.2 Å². The minimum Gasteiger partial charge on any atom is -0.491 e. The minimum atomic E-state index is -0.507. The van der Waals surface area contributed by atoms with Gasteiger partial charge in [0.05, 0.1) is 6.61 Å². The van der Waals surface area contributed by atoms with E-state index in [-0.39, 0.29) is 0 Å². The van der Waals surface area contributed by atoms with Crippen molar-refractivity contribution in [1.29, 1.82) is 0 Å². The molecule has 0 radical (unpaired) electrons. The number of nitrogens with one attached hydrogen (secondary N) is 1. The Morgan fingerprint density at radius 2 is 2.22 bits per heavy atom. The topological polar surface area (TPSA) is 50.7 Å². The maximum absolute atomic E-state index is 9.71. The predicted molar refractivity (Wildman–Crippen MR) is 72.1 cm³/mol. The molecule has 1 unspecified atom stereocenters. The summed E-state index contributed by atoms with van der Waals surface area (Å²) < 4.78 is 10.4. The minimum absolute atomic E-state index is 0.299. The van der Waals surface area contributed by atoms with Crippen LogP contribution >= 0.6 is 0 Å². The molecule has 0 bridgehead atoms. The van der Waals surface area contributed by atoms with Gasteiger partial charge < -0.3 is 19.9 Å². The molecular weight excluding hydrogens is 230 g/mol. The van der Waals surface area contributed by atoms with E-state index < -0.39 is 6.10 Å². The van der Waals surface area contributed by atoms with Gasteiger partial charge in [-0.3, -0.25) is 0 Å². The molecule has 0 amide bonds. The van der Waals surface area contributed by atoms with Gasteiger partial charge in [-0.25, -0.2) is 0 Å². The summed E-state index contributed by atoms with van der Waals surface area (Å²) in [5.41, 5.74) is 1.24. The molecule has 0 spiro atoms. The second-order valence-corrected chi connectivity index (χ2v) is 4.16. The second kappa shape index (κ2) is 8.91.